The summed E-state index contributed by atoms with van der Waals surface area (Å²) in [7, 11) is 3.01. The van der Waals surface area contributed by atoms with E-state index in [1.165, 1.54) is 7.11 Å². The van der Waals surface area contributed by atoms with Gasteiger partial charge in [0, 0.05) is 32.6 Å². The summed E-state index contributed by atoms with van der Waals surface area (Å²) in [6.07, 6.45) is 3.64. The lowest BCUT2D eigenvalue weighted by atomic mass is 10.4. The fraction of sp³-hybridized carbons (Fsp3) is 0.545. The SMILES string of the molecule is COCCN(CCC(=O)OC)c1ncccn1. The Morgan fingerprint density at radius 3 is 2.59 bits per heavy atom. The summed E-state index contributed by atoms with van der Waals surface area (Å²) in [6, 6.07) is 1.75. The minimum absolute atomic E-state index is 0.247. The third-order valence-electron chi connectivity index (χ3n) is 2.21. The van der Waals surface area contributed by atoms with E-state index in [2.05, 4.69) is 14.7 Å². The minimum Gasteiger partial charge on any atom is -0.469 e. The summed E-state index contributed by atoms with van der Waals surface area (Å²) in [4.78, 5) is 21.3. The van der Waals surface area contributed by atoms with E-state index in [0.717, 1.165) is 0 Å². The van der Waals surface area contributed by atoms with Crippen molar-refractivity contribution in [3.63, 3.8) is 0 Å². The van der Waals surface area contributed by atoms with Gasteiger partial charge < -0.3 is 14.4 Å². The summed E-state index contributed by atoms with van der Waals surface area (Å²) in [5.41, 5.74) is 0. The van der Waals surface area contributed by atoms with E-state index in [4.69, 9.17) is 4.74 Å². The van der Waals surface area contributed by atoms with Crippen LogP contribution in [0.3, 0.4) is 0 Å². The summed E-state index contributed by atoms with van der Waals surface area (Å²) in [5, 5.41) is 0. The molecule has 0 saturated carbocycles. The topological polar surface area (TPSA) is 64.5 Å². The van der Waals surface area contributed by atoms with E-state index in [9.17, 15) is 4.79 Å². The monoisotopic (exact) mass is 239 g/mol. The van der Waals surface area contributed by atoms with E-state index in [1.54, 1.807) is 25.6 Å². The van der Waals surface area contributed by atoms with Gasteiger partial charge in [-0.1, -0.05) is 0 Å². The molecule has 0 radical (unpaired) electrons. The number of nitrogens with zero attached hydrogens (tertiary/aromatic N) is 3. The Labute approximate surface area is 101 Å². The molecule has 1 rings (SSSR count). The van der Waals surface area contributed by atoms with Gasteiger partial charge in [0.25, 0.3) is 0 Å². The van der Waals surface area contributed by atoms with Crippen LogP contribution in [0.5, 0.6) is 0 Å². The quantitative estimate of drug-likeness (QED) is 0.645. The van der Waals surface area contributed by atoms with Crippen LogP contribution in [-0.2, 0) is 14.3 Å². The van der Waals surface area contributed by atoms with Crippen molar-refractivity contribution < 1.29 is 14.3 Å². The molecule has 17 heavy (non-hydrogen) atoms. The van der Waals surface area contributed by atoms with Crippen LogP contribution in [0.25, 0.3) is 0 Å². The molecule has 1 heterocycles. The number of carbonyl (C=O) groups excluding carboxylic acids is 1. The molecule has 0 aliphatic rings. The van der Waals surface area contributed by atoms with Gasteiger partial charge in [0.05, 0.1) is 20.1 Å². The van der Waals surface area contributed by atoms with Gasteiger partial charge in [-0.05, 0) is 6.07 Å². The molecule has 0 bridgehead atoms. The van der Waals surface area contributed by atoms with Gasteiger partial charge in [-0.2, -0.15) is 0 Å². The Balaban J connectivity index is 2.57. The van der Waals surface area contributed by atoms with Crippen LogP contribution in [0, 0.1) is 0 Å². The lowest BCUT2D eigenvalue weighted by Crippen LogP contribution is -2.31. The Hall–Kier alpha value is -1.69. The van der Waals surface area contributed by atoms with Gasteiger partial charge in [0.1, 0.15) is 0 Å². The predicted octanol–water partition coefficient (Wildman–Crippen LogP) is 0.492. The number of ether oxygens (including phenoxy) is 2. The molecule has 0 fully saturated rings. The van der Waals surface area contributed by atoms with Crippen molar-refractivity contribution in [1.82, 2.24) is 9.97 Å². The number of esters is 1. The largest absolute Gasteiger partial charge is 0.469 e. The highest BCUT2D eigenvalue weighted by atomic mass is 16.5. The Morgan fingerprint density at radius 1 is 1.29 bits per heavy atom. The standard InChI is InChI=1S/C11H17N3O3/c1-16-9-8-14(7-4-10(15)17-2)11-12-5-3-6-13-11/h3,5-6H,4,7-9H2,1-2H3. The predicted molar refractivity (Wildman–Crippen MR) is 62.8 cm³/mol. The molecule has 1 aromatic rings. The highest BCUT2D eigenvalue weighted by Crippen LogP contribution is 2.05. The molecule has 0 saturated heterocycles. The highest BCUT2D eigenvalue weighted by molar-refractivity contribution is 5.69. The first-order valence-corrected chi connectivity index (χ1v) is 5.35. The van der Waals surface area contributed by atoms with Crippen LogP contribution in [0.4, 0.5) is 5.95 Å². The number of aromatic nitrogens is 2. The van der Waals surface area contributed by atoms with Gasteiger partial charge in [-0.25, -0.2) is 9.97 Å². The average molecular weight is 239 g/mol. The van der Waals surface area contributed by atoms with Crippen LogP contribution in [0.2, 0.25) is 0 Å². The van der Waals surface area contributed by atoms with Crippen molar-refractivity contribution in [1.29, 1.82) is 0 Å². The second kappa shape index (κ2) is 7.56. The zero-order chi connectivity index (χ0) is 12.5. The Morgan fingerprint density at radius 2 is 2.00 bits per heavy atom. The lowest BCUT2D eigenvalue weighted by molar-refractivity contribution is -0.140. The van der Waals surface area contributed by atoms with Gasteiger partial charge in [-0.15, -0.1) is 0 Å². The van der Waals surface area contributed by atoms with Gasteiger partial charge in [-0.3, -0.25) is 4.79 Å². The third-order valence-corrected chi connectivity index (χ3v) is 2.21. The van der Waals surface area contributed by atoms with Crippen LogP contribution in [-0.4, -0.2) is 49.9 Å². The lowest BCUT2D eigenvalue weighted by Gasteiger charge is -2.21. The molecule has 0 aliphatic carbocycles. The summed E-state index contributed by atoms with van der Waals surface area (Å²) >= 11 is 0. The molecule has 94 valence electrons. The number of anilines is 1. The summed E-state index contributed by atoms with van der Waals surface area (Å²) in [6.45, 7) is 1.71. The van der Waals surface area contributed by atoms with Crippen molar-refractivity contribution in [2.45, 2.75) is 6.42 Å². The van der Waals surface area contributed by atoms with Crippen molar-refractivity contribution in [2.24, 2.45) is 0 Å². The maximum Gasteiger partial charge on any atom is 0.307 e. The zero-order valence-electron chi connectivity index (χ0n) is 10.1. The average Bonchev–Trinajstić information content (AvgIpc) is 2.39. The molecule has 0 unspecified atom stereocenters. The first-order chi connectivity index (χ1) is 8.27. The normalized spacial score (nSPS) is 10.0. The van der Waals surface area contributed by atoms with Crippen LogP contribution in [0.1, 0.15) is 6.42 Å². The second-order valence-electron chi connectivity index (χ2n) is 3.35. The van der Waals surface area contributed by atoms with Gasteiger partial charge in [0.15, 0.2) is 0 Å². The molecule has 0 spiro atoms. The number of carbonyl (C=O) groups is 1. The molecular weight excluding hydrogens is 222 g/mol. The van der Waals surface area contributed by atoms with Gasteiger partial charge in [0.2, 0.25) is 5.95 Å². The summed E-state index contributed by atoms with van der Waals surface area (Å²) in [5.74, 6) is 0.344. The zero-order valence-corrected chi connectivity index (χ0v) is 10.1. The minimum atomic E-state index is -0.247. The molecule has 1 aromatic heterocycles. The molecular formula is C11H17N3O3. The molecule has 6 nitrogen and oxygen atoms in total. The number of rotatable bonds is 7. The van der Waals surface area contributed by atoms with E-state index < -0.39 is 0 Å². The van der Waals surface area contributed by atoms with Crippen molar-refractivity contribution in [2.75, 3.05) is 38.8 Å². The van der Waals surface area contributed by atoms with Gasteiger partial charge >= 0.3 is 5.97 Å². The fourth-order valence-corrected chi connectivity index (χ4v) is 1.30. The first-order valence-electron chi connectivity index (χ1n) is 5.35. The Bertz CT molecular complexity index is 332. The van der Waals surface area contributed by atoms with Crippen LogP contribution < -0.4 is 4.90 Å². The molecule has 0 N–H and O–H groups in total. The molecule has 0 aliphatic heterocycles. The Kier molecular flexibility index (Phi) is 5.95. The maximum absolute atomic E-state index is 11.1. The van der Waals surface area contributed by atoms with Crippen molar-refractivity contribution in [3.05, 3.63) is 18.5 Å². The van der Waals surface area contributed by atoms with Crippen LogP contribution >= 0.6 is 0 Å². The first kappa shape index (κ1) is 13.4. The molecule has 0 amide bonds. The molecule has 0 aromatic carbocycles. The van der Waals surface area contributed by atoms with Crippen molar-refractivity contribution in [3.8, 4) is 0 Å². The fourth-order valence-electron chi connectivity index (χ4n) is 1.30. The second-order valence-corrected chi connectivity index (χ2v) is 3.35. The maximum atomic E-state index is 11.1. The molecule has 6 heteroatoms. The number of hydrogen-bond donors (Lipinski definition) is 0. The van der Waals surface area contributed by atoms with E-state index in [-0.39, 0.29) is 5.97 Å². The van der Waals surface area contributed by atoms with E-state index in [0.29, 0.717) is 32.1 Å². The van der Waals surface area contributed by atoms with Crippen LogP contribution in [0.15, 0.2) is 18.5 Å². The number of hydrogen-bond acceptors (Lipinski definition) is 6. The van der Waals surface area contributed by atoms with E-state index in [1.807, 2.05) is 4.90 Å². The smallest absolute Gasteiger partial charge is 0.307 e. The van der Waals surface area contributed by atoms with Crippen molar-refractivity contribution >= 4 is 11.9 Å². The third kappa shape index (κ3) is 4.78. The highest BCUT2D eigenvalue weighted by Gasteiger charge is 2.11. The number of methoxy groups -OCH3 is 2. The summed E-state index contributed by atoms with van der Waals surface area (Å²) < 4.78 is 9.62. The molecule has 0 atom stereocenters. The van der Waals surface area contributed by atoms with E-state index >= 15 is 0 Å².